The highest BCUT2D eigenvalue weighted by molar-refractivity contribution is 8.03. The van der Waals surface area contributed by atoms with Gasteiger partial charge in [-0.15, -0.1) is 0 Å². The van der Waals surface area contributed by atoms with E-state index in [-0.39, 0.29) is 0 Å². The highest BCUT2D eigenvalue weighted by Gasteiger charge is 2.30. The van der Waals surface area contributed by atoms with Crippen LogP contribution in [0.5, 0.6) is 0 Å². The molecule has 0 fully saturated rings. The van der Waals surface area contributed by atoms with Crippen molar-refractivity contribution in [1.82, 2.24) is 0 Å². The molecule has 1 aromatic carbocycles. The van der Waals surface area contributed by atoms with E-state index in [2.05, 4.69) is 54.7 Å². The molecular formula is C18H25N2S. The molecule has 3 rings (SSSR count). The molecule has 113 valence electrons. The van der Waals surface area contributed by atoms with E-state index in [4.69, 9.17) is 5.73 Å². The van der Waals surface area contributed by atoms with Gasteiger partial charge in [0, 0.05) is 22.8 Å². The fourth-order valence-electron chi connectivity index (χ4n) is 2.62. The fraction of sp³-hybridized carbons (Fsp3) is 0.389. The minimum absolute atomic E-state index is 0.386. The first-order valence-electron chi connectivity index (χ1n) is 7.76. The van der Waals surface area contributed by atoms with Gasteiger partial charge in [-0.1, -0.05) is 55.5 Å². The summed E-state index contributed by atoms with van der Waals surface area (Å²) in [5.74, 6) is 0. The van der Waals surface area contributed by atoms with Crippen molar-refractivity contribution in [3.8, 4) is 0 Å². The third-order valence-corrected chi connectivity index (χ3v) is 4.74. The van der Waals surface area contributed by atoms with Gasteiger partial charge in [0.2, 0.25) is 0 Å². The van der Waals surface area contributed by atoms with Crippen LogP contribution in [0.15, 0.2) is 51.8 Å². The summed E-state index contributed by atoms with van der Waals surface area (Å²) in [6.45, 7) is 7.92. The molecule has 1 aromatic rings. The number of para-hydroxylation sites is 1. The Morgan fingerprint density at radius 3 is 2.76 bits per heavy atom. The first-order chi connectivity index (χ1) is 10.3. The average molecular weight is 301 g/mol. The third-order valence-electron chi connectivity index (χ3n) is 3.56. The molecule has 2 N–H and O–H groups in total. The van der Waals surface area contributed by atoms with Crippen molar-refractivity contribution in [3.63, 3.8) is 0 Å². The van der Waals surface area contributed by atoms with Gasteiger partial charge in [-0.25, -0.2) is 0 Å². The number of benzene rings is 1. The van der Waals surface area contributed by atoms with E-state index in [1.54, 1.807) is 0 Å². The topological polar surface area (TPSA) is 29.3 Å². The van der Waals surface area contributed by atoms with Gasteiger partial charge >= 0.3 is 0 Å². The zero-order chi connectivity index (χ0) is 15.2. The summed E-state index contributed by atoms with van der Waals surface area (Å²) >= 11 is 1.89. The van der Waals surface area contributed by atoms with Crippen LogP contribution in [0.4, 0.5) is 5.69 Å². The minimum Gasteiger partial charge on any atom is -0.359 e. The maximum atomic E-state index is 5.69. The molecule has 0 amide bonds. The lowest BCUT2D eigenvalue weighted by molar-refractivity contribution is 0.705. The van der Waals surface area contributed by atoms with E-state index in [1.165, 1.54) is 21.1 Å². The summed E-state index contributed by atoms with van der Waals surface area (Å²) in [4.78, 5) is 5.26. The Morgan fingerprint density at radius 2 is 2.00 bits per heavy atom. The predicted molar refractivity (Wildman–Crippen MR) is 94.6 cm³/mol. The Kier molecular flexibility index (Phi) is 5.95. The lowest BCUT2D eigenvalue weighted by Crippen LogP contribution is -2.39. The summed E-state index contributed by atoms with van der Waals surface area (Å²) in [6.07, 6.45) is 7.85. The van der Waals surface area contributed by atoms with E-state index >= 15 is 0 Å². The van der Waals surface area contributed by atoms with Crippen molar-refractivity contribution in [2.24, 2.45) is 5.73 Å². The maximum Gasteiger partial charge on any atom is 0.0788 e. The van der Waals surface area contributed by atoms with E-state index in [1.807, 2.05) is 25.6 Å². The quantitative estimate of drug-likeness (QED) is 0.897. The van der Waals surface area contributed by atoms with Gasteiger partial charge in [-0.3, -0.25) is 0 Å². The number of rotatable bonds is 3. The Hall–Kier alpha value is -1.19. The number of nitrogens with zero attached hydrogens (tertiary/aromatic N) is 1. The van der Waals surface area contributed by atoms with E-state index in [9.17, 15) is 0 Å². The second-order valence-corrected chi connectivity index (χ2v) is 6.11. The Balaban J connectivity index is 0.000000774. The van der Waals surface area contributed by atoms with Crippen LogP contribution in [0.2, 0.25) is 0 Å². The minimum atomic E-state index is 0.386. The molecule has 0 saturated heterocycles. The summed E-state index contributed by atoms with van der Waals surface area (Å²) in [5.41, 5.74) is 8.37. The van der Waals surface area contributed by atoms with Crippen LogP contribution in [0.1, 0.15) is 27.2 Å². The Labute approximate surface area is 133 Å². The number of thioether (sulfide) groups is 1. The van der Waals surface area contributed by atoms with Gasteiger partial charge in [-0.05, 0) is 32.0 Å². The Bertz CT molecular complexity index is 534. The van der Waals surface area contributed by atoms with Crippen LogP contribution >= 0.6 is 11.8 Å². The normalized spacial score (nSPS) is 19.6. The fourth-order valence-corrected chi connectivity index (χ4v) is 3.76. The zero-order valence-electron chi connectivity index (χ0n) is 13.2. The number of hydrogen-bond donors (Lipinski definition) is 1. The van der Waals surface area contributed by atoms with E-state index in [0.717, 1.165) is 19.5 Å². The highest BCUT2D eigenvalue weighted by Crippen LogP contribution is 2.46. The molecule has 21 heavy (non-hydrogen) atoms. The molecule has 1 atom stereocenters. The van der Waals surface area contributed by atoms with E-state index < -0.39 is 0 Å². The van der Waals surface area contributed by atoms with Crippen LogP contribution in [-0.4, -0.2) is 19.1 Å². The molecule has 1 unspecified atom stereocenters. The van der Waals surface area contributed by atoms with Crippen molar-refractivity contribution in [1.29, 1.82) is 0 Å². The number of hydrogen-bond acceptors (Lipinski definition) is 3. The van der Waals surface area contributed by atoms with E-state index in [0.29, 0.717) is 6.04 Å². The number of fused-ring (bicyclic) bond motifs is 2. The highest BCUT2D eigenvalue weighted by atomic mass is 32.2. The molecule has 1 aliphatic carbocycles. The van der Waals surface area contributed by atoms with Crippen LogP contribution in [0, 0.1) is 6.42 Å². The molecule has 0 bridgehead atoms. The monoisotopic (exact) mass is 301 g/mol. The van der Waals surface area contributed by atoms with Gasteiger partial charge in [-0.2, -0.15) is 0 Å². The van der Waals surface area contributed by atoms with Gasteiger partial charge in [0.1, 0.15) is 0 Å². The molecule has 2 aliphatic rings. The average Bonchev–Trinajstić information content (AvgIpc) is 2.54. The third kappa shape index (κ3) is 3.53. The maximum absolute atomic E-state index is 5.69. The lowest BCUT2D eigenvalue weighted by Gasteiger charge is -2.40. The Morgan fingerprint density at radius 1 is 1.24 bits per heavy atom. The van der Waals surface area contributed by atoms with Gasteiger partial charge < -0.3 is 10.6 Å². The molecule has 1 heterocycles. The van der Waals surface area contributed by atoms with Crippen LogP contribution in [0.25, 0.3) is 0 Å². The molecule has 3 heteroatoms. The van der Waals surface area contributed by atoms with Gasteiger partial charge in [0.15, 0.2) is 0 Å². The van der Waals surface area contributed by atoms with Crippen LogP contribution < -0.4 is 10.6 Å². The van der Waals surface area contributed by atoms with Crippen molar-refractivity contribution in [2.75, 3.05) is 18.0 Å². The number of anilines is 1. The second kappa shape index (κ2) is 7.71. The molecule has 0 saturated carbocycles. The second-order valence-electron chi connectivity index (χ2n) is 5.00. The smallest absolute Gasteiger partial charge is 0.0788 e. The molecule has 2 nitrogen and oxygen atoms in total. The predicted octanol–water partition coefficient (Wildman–Crippen LogP) is 4.39. The lowest BCUT2D eigenvalue weighted by atomic mass is 10.0. The van der Waals surface area contributed by atoms with Crippen LogP contribution in [-0.2, 0) is 0 Å². The SMILES string of the molecule is CC.CC1=CC2C(=C[CH]1)Sc1ccccc1N2CCCN. The molecule has 0 aromatic heterocycles. The van der Waals surface area contributed by atoms with Crippen LogP contribution in [0.3, 0.4) is 0 Å². The van der Waals surface area contributed by atoms with Gasteiger partial charge in [0.05, 0.1) is 11.7 Å². The van der Waals surface area contributed by atoms with Crippen molar-refractivity contribution < 1.29 is 0 Å². The van der Waals surface area contributed by atoms with Crippen molar-refractivity contribution in [3.05, 3.63) is 53.3 Å². The first-order valence-corrected chi connectivity index (χ1v) is 8.58. The summed E-state index contributed by atoms with van der Waals surface area (Å²) in [7, 11) is 0. The molecule has 1 aliphatic heterocycles. The summed E-state index contributed by atoms with van der Waals surface area (Å²) in [5, 5.41) is 0. The van der Waals surface area contributed by atoms with Gasteiger partial charge in [0.25, 0.3) is 0 Å². The molecular weight excluding hydrogens is 276 g/mol. The number of allylic oxidation sites excluding steroid dienone is 2. The van der Waals surface area contributed by atoms with Crippen molar-refractivity contribution >= 4 is 17.4 Å². The standard InChI is InChI=1S/C16H19N2S.C2H6/c1-12-7-8-16-14(11-12)18(10-4-9-17)13-5-2-3-6-15(13)19-16;1-2/h2-3,5-8,11,14H,4,9-10,17H2,1H3;1-2H3. The molecule has 0 spiro atoms. The largest absolute Gasteiger partial charge is 0.359 e. The number of nitrogens with two attached hydrogens (primary N) is 1. The van der Waals surface area contributed by atoms with Crippen molar-refractivity contribution in [2.45, 2.75) is 38.1 Å². The summed E-state index contributed by atoms with van der Waals surface area (Å²) < 4.78 is 0. The first kappa shape index (κ1) is 16.2. The zero-order valence-corrected chi connectivity index (χ0v) is 14.0. The molecule has 1 radical (unpaired) electrons. The summed E-state index contributed by atoms with van der Waals surface area (Å²) in [6, 6.07) is 9.04.